The normalized spacial score (nSPS) is 16.2. The Labute approximate surface area is 154 Å². The molecule has 6 nitrogen and oxygen atoms in total. The molecule has 0 saturated carbocycles. The van der Waals surface area contributed by atoms with Crippen LogP contribution < -0.4 is 10.1 Å². The molecule has 0 atom stereocenters. The van der Waals surface area contributed by atoms with Crippen LogP contribution in [-0.2, 0) is 9.59 Å². The Kier molecular flexibility index (Phi) is 7.38. The zero-order valence-electron chi connectivity index (χ0n) is 15.4. The number of nitrogens with one attached hydrogen (secondary N) is 1. The van der Waals surface area contributed by atoms with Crippen LogP contribution in [0.25, 0.3) is 6.08 Å². The first-order valence-electron chi connectivity index (χ1n) is 9.11. The van der Waals surface area contributed by atoms with Gasteiger partial charge in [-0.1, -0.05) is 51.2 Å². The fraction of sp³-hybridized carbons (Fsp3) is 0.450. The van der Waals surface area contributed by atoms with Gasteiger partial charge in [-0.2, -0.15) is 0 Å². The molecule has 4 amide bonds. The number of ether oxygens (including phenoxy) is 1. The summed E-state index contributed by atoms with van der Waals surface area (Å²) < 4.78 is 5.71. The first-order chi connectivity index (χ1) is 12.5. The van der Waals surface area contributed by atoms with Gasteiger partial charge in [0.15, 0.2) is 0 Å². The van der Waals surface area contributed by atoms with Crippen LogP contribution in [0.3, 0.4) is 0 Å². The van der Waals surface area contributed by atoms with E-state index in [4.69, 9.17) is 4.74 Å². The maximum absolute atomic E-state index is 12.0. The number of barbiturate groups is 1. The topological polar surface area (TPSA) is 75.7 Å². The number of carbonyl (C=O) groups excluding carboxylic acids is 3. The second kappa shape index (κ2) is 9.75. The lowest BCUT2D eigenvalue weighted by molar-refractivity contribution is -0.129. The Morgan fingerprint density at radius 2 is 1.65 bits per heavy atom. The molecule has 1 N–H and O–H groups in total. The summed E-state index contributed by atoms with van der Waals surface area (Å²) in [6, 6.07) is 6.46. The SMILES string of the molecule is CCCCCCCCOc1ccc(C=C2C(=O)NC(=O)N(C)C2=O)cc1. The van der Waals surface area contributed by atoms with E-state index in [0.717, 1.165) is 17.1 Å². The van der Waals surface area contributed by atoms with Gasteiger partial charge in [0.1, 0.15) is 11.3 Å². The molecule has 1 aromatic carbocycles. The minimum absolute atomic E-state index is 0.0622. The van der Waals surface area contributed by atoms with Crippen LogP contribution in [0, 0.1) is 0 Å². The van der Waals surface area contributed by atoms with E-state index >= 15 is 0 Å². The second-order valence-corrected chi connectivity index (χ2v) is 6.37. The number of carbonyl (C=O) groups is 3. The Morgan fingerprint density at radius 3 is 2.35 bits per heavy atom. The van der Waals surface area contributed by atoms with Crippen LogP contribution in [0.1, 0.15) is 51.0 Å². The molecule has 2 rings (SSSR count). The summed E-state index contributed by atoms with van der Waals surface area (Å²) in [5.41, 5.74) is 0.631. The van der Waals surface area contributed by atoms with E-state index in [0.29, 0.717) is 12.2 Å². The van der Waals surface area contributed by atoms with Gasteiger partial charge in [-0.05, 0) is 30.2 Å². The maximum atomic E-state index is 12.0. The number of rotatable bonds is 9. The number of likely N-dealkylation sites (N-methyl/N-ethyl adjacent to an activating group) is 1. The van der Waals surface area contributed by atoms with Gasteiger partial charge in [-0.15, -0.1) is 0 Å². The van der Waals surface area contributed by atoms with Crippen LogP contribution in [0.4, 0.5) is 4.79 Å². The van der Waals surface area contributed by atoms with Crippen LogP contribution in [0.2, 0.25) is 0 Å². The van der Waals surface area contributed by atoms with Crippen molar-refractivity contribution in [3.8, 4) is 5.75 Å². The lowest BCUT2D eigenvalue weighted by Crippen LogP contribution is -2.52. The molecule has 1 aromatic rings. The van der Waals surface area contributed by atoms with Crippen molar-refractivity contribution in [3.05, 3.63) is 35.4 Å². The average Bonchev–Trinajstić information content (AvgIpc) is 2.64. The molecule has 1 saturated heterocycles. The monoisotopic (exact) mass is 358 g/mol. The minimum Gasteiger partial charge on any atom is -0.494 e. The number of unbranched alkanes of at least 4 members (excludes halogenated alkanes) is 5. The fourth-order valence-electron chi connectivity index (χ4n) is 2.64. The first-order valence-corrected chi connectivity index (χ1v) is 9.11. The summed E-state index contributed by atoms with van der Waals surface area (Å²) in [6.45, 7) is 2.89. The van der Waals surface area contributed by atoms with Crippen molar-refractivity contribution in [1.82, 2.24) is 10.2 Å². The second-order valence-electron chi connectivity index (χ2n) is 6.37. The Morgan fingerprint density at radius 1 is 1.00 bits per heavy atom. The molecule has 1 aliphatic rings. The van der Waals surface area contributed by atoms with Crippen LogP contribution in [0.15, 0.2) is 29.8 Å². The van der Waals surface area contributed by atoms with Gasteiger partial charge in [0.2, 0.25) is 0 Å². The van der Waals surface area contributed by atoms with E-state index in [9.17, 15) is 14.4 Å². The van der Waals surface area contributed by atoms with Crippen molar-refractivity contribution in [2.75, 3.05) is 13.7 Å². The lowest BCUT2D eigenvalue weighted by atomic mass is 10.1. The molecular weight excluding hydrogens is 332 g/mol. The van der Waals surface area contributed by atoms with Crippen molar-refractivity contribution in [2.45, 2.75) is 45.4 Å². The number of amides is 4. The molecule has 1 fully saturated rings. The standard InChI is InChI=1S/C20H26N2O4/c1-3-4-5-6-7-8-13-26-16-11-9-15(10-12-16)14-17-18(23)21-20(25)22(2)19(17)24/h9-12,14H,3-8,13H2,1-2H3,(H,21,23,25). The van der Waals surface area contributed by atoms with Gasteiger partial charge in [-0.3, -0.25) is 19.8 Å². The van der Waals surface area contributed by atoms with Gasteiger partial charge in [0, 0.05) is 7.05 Å². The quantitative estimate of drug-likeness (QED) is 0.416. The summed E-state index contributed by atoms with van der Waals surface area (Å²) in [5.74, 6) is -0.531. The zero-order valence-corrected chi connectivity index (χ0v) is 15.4. The molecule has 1 heterocycles. The predicted molar refractivity (Wildman–Crippen MR) is 99.6 cm³/mol. The minimum atomic E-state index is -0.712. The van der Waals surface area contributed by atoms with Gasteiger partial charge in [-0.25, -0.2) is 4.79 Å². The van der Waals surface area contributed by atoms with Gasteiger partial charge >= 0.3 is 6.03 Å². The highest BCUT2D eigenvalue weighted by molar-refractivity contribution is 6.30. The molecule has 1 aliphatic heterocycles. The number of benzene rings is 1. The zero-order chi connectivity index (χ0) is 18.9. The van der Waals surface area contributed by atoms with Crippen molar-refractivity contribution in [3.63, 3.8) is 0 Å². The number of urea groups is 1. The summed E-state index contributed by atoms with van der Waals surface area (Å²) in [5, 5.41) is 2.13. The maximum Gasteiger partial charge on any atom is 0.331 e. The summed E-state index contributed by atoms with van der Waals surface area (Å²) >= 11 is 0. The third-order valence-corrected chi connectivity index (χ3v) is 4.26. The summed E-state index contributed by atoms with van der Waals surface area (Å²) in [4.78, 5) is 36.1. The number of hydrogen-bond acceptors (Lipinski definition) is 4. The average molecular weight is 358 g/mol. The first kappa shape index (κ1) is 19.7. The van der Waals surface area contributed by atoms with Crippen molar-refractivity contribution in [1.29, 1.82) is 0 Å². The molecule has 26 heavy (non-hydrogen) atoms. The molecule has 140 valence electrons. The van der Waals surface area contributed by atoms with E-state index in [2.05, 4.69) is 12.2 Å². The van der Waals surface area contributed by atoms with Crippen LogP contribution in [0.5, 0.6) is 5.75 Å². The third-order valence-electron chi connectivity index (χ3n) is 4.26. The number of nitrogens with zero attached hydrogens (tertiary/aromatic N) is 1. The fourth-order valence-corrected chi connectivity index (χ4v) is 2.64. The predicted octanol–water partition coefficient (Wildman–Crippen LogP) is 3.52. The summed E-state index contributed by atoms with van der Waals surface area (Å²) in [7, 11) is 1.33. The molecule has 0 unspecified atom stereocenters. The molecule has 0 aliphatic carbocycles. The van der Waals surface area contributed by atoms with E-state index in [-0.39, 0.29) is 5.57 Å². The van der Waals surface area contributed by atoms with E-state index < -0.39 is 17.8 Å². The molecular formula is C20H26N2O4. The van der Waals surface area contributed by atoms with Crippen LogP contribution >= 0.6 is 0 Å². The highest BCUT2D eigenvalue weighted by Gasteiger charge is 2.32. The highest BCUT2D eigenvalue weighted by Crippen LogP contribution is 2.17. The molecule has 0 bridgehead atoms. The molecule has 0 radical (unpaired) electrons. The van der Waals surface area contributed by atoms with Gasteiger partial charge in [0.05, 0.1) is 6.61 Å². The lowest BCUT2D eigenvalue weighted by Gasteiger charge is -2.22. The molecule has 6 heteroatoms. The highest BCUT2D eigenvalue weighted by atomic mass is 16.5. The largest absolute Gasteiger partial charge is 0.494 e. The van der Waals surface area contributed by atoms with Gasteiger partial charge in [0.25, 0.3) is 11.8 Å². The van der Waals surface area contributed by atoms with Crippen LogP contribution in [-0.4, -0.2) is 36.4 Å². The van der Waals surface area contributed by atoms with E-state index in [1.807, 2.05) is 12.1 Å². The van der Waals surface area contributed by atoms with Crippen molar-refractivity contribution in [2.24, 2.45) is 0 Å². The van der Waals surface area contributed by atoms with Crippen molar-refractivity contribution < 1.29 is 19.1 Å². The number of imide groups is 2. The van der Waals surface area contributed by atoms with E-state index in [1.54, 1.807) is 12.1 Å². The Bertz CT molecular complexity index is 680. The smallest absolute Gasteiger partial charge is 0.331 e. The van der Waals surface area contributed by atoms with Crippen molar-refractivity contribution >= 4 is 23.9 Å². The van der Waals surface area contributed by atoms with Gasteiger partial charge < -0.3 is 4.74 Å². The number of hydrogen-bond donors (Lipinski definition) is 1. The Balaban J connectivity index is 1.86. The third kappa shape index (κ3) is 5.44. The Hall–Kier alpha value is -2.63. The molecule has 0 aromatic heterocycles. The van der Waals surface area contributed by atoms with E-state index in [1.165, 1.54) is 45.2 Å². The molecule has 0 spiro atoms. The summed E-state index contributed by atoms with van der Waals surface area (Å²) in [6.07, 6.45) is 8.75.